The number of hydrogen-bond acceptors (Lipinski definition) is 4. The van der Waals surface area contributed by atoms with E-state index in [1.807, 2.05) is 0 Å². The van der Waals surface area contributed by atoms with Gasteiger partial charge in [-0.15, -0.1) is 0 Å². The van der Waals surface area contributed by atoms with E-state index in [0.717, 1.165) is 0 Å². The number of carbonyl (C=O) groups is 1. The standard InChI is InChI=1S/C12H16O4/c1-12(2,3)11(14)16-8-5-6-10(15-4)9(13)7-8/h5-7,13H,1-4H3. The van der Waals surface area contributed by atoms with Gasteiger partial charge in [0, 0.05) is 6.07 Å². The second-order valence-corrected chi connectivity index (χ2v) is 4.47. The van der Waals surface area contributed by atoms with Crippen molar-refractivity contribution in [1.29, 1.82) is 0 Å². The Morgan fingerprint density at radius 2 is 1.94 bits per heavy atom. The molecular formula is C12H16O4. The van der Waals surface area contributed by atoms with Crippen molar-refractivity contribution < 1.29 is 19.4 Å². The van der Waals surface area contributed by atoms with E-state index in [4.69, 9.17) is 9.47 Å². The number of aromatic hydroxyl groups is 1. The van der Waals surface area contributed by atoms with Crippen LogP contribution < -0.4 is 9.47 Å². The molecular weight excluding hydrogens is 208 g/mol. The van der Waals surface area contributed by atoms with Crippen molar-refractivity contribution in [1.82, 2.24) is 0 Å². The van der Waals surface area contributed by atoms with Crippen LogP contribution in [0, 0.1) is 5.41 Å². The summed E-state index contributed by atoms with van der Waals surface area (Å²) in [6.45, 7) is 5.29. The molecule has 1 aromatic carbocycles. The van der Waals surface area contributed by atoms with E-state index in [2.05, 4.69) is 0 Å². The molecule has 1 N–H and O–H groups in total. The molecule has 0 aliphatic carbocycles. The summed E-state index contributed by atoms with van der Waals surface area (Å²) < 4.78 is 9.99. The van der Waals surface area contributed by atoms with Gasteiger partial charge in [0.05, 0.1) is 12.5 Å². The molecule has 0 spiro atoms. The van der Waals surface area contributed by atoms with Crippen LogP contribution in [0.3, 0.4) is 0 Å². The highest BCUT2D eigenvalue weighted by Gasteiger charge is 2.23. The zero-order valence-electron chi connectivity index (χ0n) is 9.90. The Kier molecular flexibility index (Phi) is 3.42. The molecule has 1 aromatic rings. The van der Waals surface area contributed by atoms with E-state index in [0.29, 0.717) is 11.5 Å². The Morgan fingerprint density at radius 3 is 2.38 bits per heavy atom. The van der Waals surface area contributed by atoms with E-state index >= 15 is 0 Å². The van der Waals surface area contributed by atoms with Crippen LogP contribution >= 0.6 is 0 Å². The van der Waals surface area contributed by atoms with Gasteiger partial charge in [0.1, 0.15) is 5.75 Å². The molecule has 0 saturated heterocycles. The Bertz CT molecular complexity index is 390. The van der Waals surface area contributed by atoms with E-state index in [1.165, 1.54) is 13.2 Å². The largest absolute Gasteiger partial charge is 0.504 e. The van der Waals surface area contributed by atoms with Gasteiger partial charge in [-0.3, -0.25) is 4.79 Å². The van der Waals surface area contributed by atoms with Gasteiger partial charge in [-0.1, -0.05) is 0 Å². The summed E-state index contributed by atoms with van der Waals surface area (Å²) in [6.07, 6.45) is 0. The minimum absolute atomic E-state index is 0.0540. The molecule has 0 aliphatic heterocycles. The third-order valence-corrected chi connectivity index (χ3v) is 1.97. The number of ether oxygens (including phenoxy) is 2. The zero-order chi connectivity index (χ0) is 12.3. The highest BCUT2D eigenvalue weighted by Crippen LogP contribution is 2.30. The first kappa shape index (κ1) is 12.4. The number of esters is 1. The number of rotatable bonds is 2. The van der Waals surface area contributed by atoms with Crippen LogP contribution in [-0.2, 0) is 4.79 Å². The van der Waals surface area contributed by atoms with Crippen LogP contribution in [0.1, 0.15) is 20.8 Å². The molecule has 0 saturated carbocycles. The van der Waals surface area contributed by atoms with Gasteiger partial charge in [0.25, 0.3) is 0 Å². The molecule has 16 heavy (non-hydrogen) atoms. The average Bonchev–Trinajstić information content (AvgIpc) is 2.16. The van der Waals surface area contributed by atoms with E-state index in [-0.39, 0.29) is 11.7 Å². The van der Waals surface area contributed by atoms with Gasteiger partial charge >= 0.3 is 5.97 Å². The average molecular weight is 224 g/mol. The van der Waals surface area contributed by atoms with Gasteiger partial charge in [-0.2, -0.15) is 0 Å². The molecule has 4 nitrogen and oxygen atoms in total. The Morgan fingerprint density at radius 1 is 1.31 bits per heavy atom. The van der Waals surface area contributed by atoms with Crippen LogP contribution in [0.5, 0.6) is 17.2 Å². The highest BCUT2D eigenvalue weighted by atomic mass is 16.5. The maximum Gasteiger partial charge on any atom is 0.316 e. The van der Waals surface area contributed by atoms with Gasteiger partial charge < -0.3 is 14.6 Å². The molecule has 0 aromatic heterocycles. The SMILES string of the molecule is COc1ccc(OC(=O)C(C)(C)C)cc1O. The third-order valence-electron chi connectivity index (χ3n) is 1.97. The van der Waals surface area contributed by atoms with Gasteiger partial charge in [0.15, 0.2) is 11.5 Å². The van der Waals surface area contributed by atoms with Crippen molar-refractivity contribution in [3.8, 4) is 17.2 Å². The zero-order valence-corrected chi connectivity index (χ0v) is 9.90. The van der Waals surface area contributed by atoms with Gasteiger partial charge in [-0.25, -0.2) is 0 Å². The van der Waals surface area contributed by atoms with E-state index in [9.17, 15) is 9.90 Å². The quantitative estimate of drug-likeness (QED) is 0.619. The predicted molar refractivity (Wildman–Crippen MR) is 59.7 cm³/mol. The van der Waals surface area contributed by atoms with Crippen molar-refractivity contribution >= 4 is 5.97 Å². The maximum atomic E-state index is 11.6. The maximum absolute atomic E-state index is 11.6. The smallest absolute Gasteiger partial charge is 0.316 e. The fourth-order valence-electron chi connectivity index (χ4n) is 0.993. The summed E-state index contributed by atoms with van der Waals surface area (Å²) in [4.78, 5) is 11.6. The summed E-state index contributed by atoms with van der Waals surface area (Å²) in [5.41, 5.74) is -0.574. The predicted octanol–water partition coefficient (Wildman–Crippen LogP) is 2.35. The Balaban J connectivity index is 2.84. The molecule has 0 fully saturated rings. The number of phenolic OH excluding ortho intramolecular Hbond substituents is 1. The molecule has 88 valence electrons. The lowest BCUT2D eigenvalue weighted by molar-refractivity contribution is -0.143. The van der Waals surface area contributed by atoms with Crippen LogP contribution in [0.25, 0.3) is 0 Å². The first-order valence-corrected chi connectivity index (χ1v) is 4.94. The summed E-state index contributed by atoms with van der Waals surface area (Å²) in [6, 6.07) is 4.46. The minimum atomic E-state index is -0.574. The van der Waals surface area contributed by atoms with Crippen LogP contribution in [0.2, 0.25) is 0 Å². The van der Waals surface area contributed by atoms with Crippen molar-refractivity contribution in [3.05, 3.63) is 18.2 Å². The van der Waals surface area contributed by atoms with Crippen LogP contribution in [0.4, 0.5) is 0 Å². The van der Waals surface area contributed by atoms with Crippen LogP contribution in [0.15, 0.2) is 18.2 Å². The molecule has 0 amide bonds. The Labute approximate surface area is 94.8 Å². The summed E-state index contributed by atoms with van der Waals surface area (Å²) in [5, 5.41) is 9.49. The fraction of sp³-hybridized carbons (Fsp3) is 0.417. The topological polar surface area (TPSA) is 55.8 Å². The summed E-state index contributed by atoms with van der Waals surface area (Å²) in [5.74, 6) is 0.243. The second-order valence-electron chi connectivity index (χ2n) is 4.47. The fourth-order valence-corrected chi connectivity index (χ4v) is 0.993. The lowest BCUT2D eigenvalue weighted by atomic mass is 9.97. The van der Waals surface area contributed by atoms with E-state index in [1.54, 1.807) is 32.9 Å². The number of hydrogen-bond donors (Lipinski definition) is 1. The molecule has 0 radical (unpaired) electrons. The molecule has 0 heterocycles. The van der Waals surface area contributed by atoms with E-state index < -0.39 is 5.41 Å². The minimum Gasteiger partial charge on any atom is -0.504 e. The molecule has 0 aliphatic rings. The summed E-state index contributed by atoms with van der Waals surface area (Å²) in [7, 11) is 1.45. The highest BCUT2D eigenvalue weighted by molar-refractivity contribution is 5.78. The lowest BCUT2D eigenvalue weighted by Gasteiger charge is -2.16. The van der Waals surface area contributed by atoms with Crippen molar-refractivity contribution in [2.75, 3.05) is 7.11 Å². The summed E-state index contributed by atoms with van der Waals surface area (Å²) >= 11 is 0. The molecule has 0 bridgehead atoms. The molecule has 0 atom stereocenters. The number of methoxy groups -OCH3 is 1. The van der Waals surface area contributed by atoms with Gasteiger partial charge in [0.2, 0.25) is 0 Å². The first-order valence-electron chi connectivity index (χ1n) is 4.94. The lowest BCUT2D eigenvalue weighted by Crippen LogP contribution is -2.25. The monoisotopic (exact) mass is 224 g/mol. The normalized spacial score (nSPS) is 11.0. The number of phenols is 1. The first-order chi connectivity index (χ1) is 7.34. The number of carbonyl (C=O) groups excluding carboxylic acids is 1. The van der Waals surface area contributed by atoms with Crippen molar-refractivity contribution in [2.45, 2.75) is 20.8 Å². The molecule has 0 unspecified atom stereocenters. The second kappa shape index (κ2) is 4.43. The molecule has 4 heteroatoms. The van der Waals surface area contributed by atoms with Gasteiger partial charge in [-0.05, 0) is 32.9 Å². The molecule has 1 rings (SSSR count). The number of benzene rings is 1. The Hall–Kier alpha value is -1.71. The third kappa shape index (κ3) is 2.89. The van der Waals surface area contributed by atoms with Crippen molar-refractivity contribution in [3.63, 3.8) is 0 Å². The van der Waals surface area contributed by atoms with Crippen LogP contribution in [-0.4, -0.2) is 18.2 Å². The van der Waals surface area contributed by atoms with Crippen molar-refractivity contribution in [2.24, 2.45) is 5.41 Å².